The fraction of sp³-hybridized carbons (Fsp3) is 0.125. The van der Waals surface area contributed by atoms with Gasteiger partial charge in [-0.2, -0.15) is 0 Å². The number of anilines is 2. The van der Waals surface area contributed by atoms with Crippen molar-refractivity contribution in [1.29, 1.82) is 0 Å². The summed E-state index contributed by atoms with van der Waals surface area (Å²) in [4.78, 5) is 25.0. The van der Waals surface area contributed by atoms with E-state index in [0.717, 1.165) is 11.3 Å². The van der Waals surface area contributed by atoms with Crippen molar-refractivity contribution >= 4 is 23.8 Å². The maximum Gasteiger partial charge on any atom is 0.305 e. The first-order valence-electron chi connectivity index (χ1n) is 13.2. The number of carboxylic acid groups (broad SMARTS) is 1. The third kappa shape index (κ3) is 6.92. The van der Waals surface area contributed by atoms with Crippen LogP contribution in [0, 0.1) is 5.82 Å². The lowest BCUT2D eigenvalue weighted by Crippen LogP contribution is -2.19. The number of carbonyl (C=O) groups is 1. The third-order valence-electron chi connectivity index (χ3n) is 6.37. The third-order valence-corrected chi connectivity index (χ3v) is 6.37. The van der Waals surface area contributed by atoms with Gasteiger partial charge in [0.15, 0.2) is 0 Å². The van der Waals surface area contributed by atoms with Crippen molar-refractivity contribution in [3.63, 3.8) is 0 Å². The average molecular weight is 566 g/mol. The number of carboxylic acids is 1. The van der Waals surface area contributed by atoms with Gasteiger partial charge in [0, 0.05) is 35.6 Å². The second kappa shape index (κ2) is 13.0. The minimum Gasteiger partial charge on any atom is -0.481 e. The largest absolute Gasteiger partial charge is 0.481 e. The maximum absolute atomic E-state index is 14.0. The molecule has 0 saturated carbocycles. The Balaban J connectivity index is 1.64. The van der Waals surface area contributed by atoms with E-state index in [1.807, 2.05) is 60.7 Å². The van der Waals surface area contributed by atoms with Crippen LogP contribution in [0.4, 0.5) is 16.0 Å². The van der Waals surface area contributed by atoms with Crippen LogP contribution in [-0.4, -0.2) is 53.0 Å². The summed E-state index contributed by atoms with van der Waals surface area (Å²) in [6.45, 7) is 0. The van der Waals surface area contributed by atoms with Gasteiger partial charge in [-0.05, 0) is 48.5 Å². The number of aliphatic carboxylic acids is 1. The van der Waals surface area contributed by atoms with E-state index in [1.165, 1.54) is 18.2 Å². The number of aliphatic hydroxyl groups excluding tert-OH is 2. The Morgan fingerprint density at radius 1 is 0.905 bits per heavy atom. The van der Waals surface area contributed by atoms with Crippen molar-refractivity contribution in [3.05, 3.63) is 109 Å². The predicted molar refractivity (Wildman–Crippen MR) is 158 cm³/mol. The van der Waals surface area contributed by atoms with Crippen molar-refractivity contribution < 1.29 is 24.5 Å². The smallest absolute Gasteiger partial charge is 0.305 e. The lowest BCUT2D eigenvalue weighted by molar-refractivity contribution is -0.139. The van der Waals surface area contributed by atoms with E-state index < -0.39 is 30.4 Å². The lowest BCUT2D eigenvalue weighted by Gasteiger charge is -2.13. The van der Waals surface area contributed by atoms with Gasteiger partial charge in [0.1, 0.15) is 17.3 Å². The van der Waals surface area contributed by atoms with Crippen molar-refractivity contribution in [3.8, 4) is 34.0 Å². The van der Waals surface area contributed by atoms with E-state index in [-0.39, 0.29) is 6.42 Å². The van der Waals surface area contributed by atoms with Gasteiger partial charge in [0.25, 0.3) is 0 Å². The first-order valence-corrected chi connectivity index (χ1v) is 13.2. The molecule has 3 aromatic carbocycles. The zero-order chi connectivity index (χ0) is 29.5. The number of benzene rings is 3. The van der Waals surface area contributed by atoms with Gasteiger partial charge in [0.05, 0.1) is 30.0 Å². The molecule has 4 N–H and O–H groups in total. The molecular weight excluding hydrogens is 537 g/mol. The van der Waals surface area contributed by atoms with E-state index in [2.05, 4.69) is 10.3 Å². The molecule has 0 aliphatic heterocycles. The molecule has 0 saturated heterocycles. The van der Waals surface area contributed by atoms with Gasteiger partial charge >= 0.3 is 5.97 Å². The van der Waals surface area contributed by atoms with E-state index in [9.17, 15) is 19.4 Å². The molecule has 0 unspecified atom stereocenters. The second-order valence-corrected chi connectivity index (χ2v) is 9.53. The number of hydrogen-bond acceptors (Lipinski definition) is 7. The number of para-hydroxylation sites is 1. The van der Waals surface area contributed by atoms with Gasteiger partial charge < -0.3 is 20.6 Å². The predicted octanol–water partition coefficient (Wildman–Crippen LogP) is 5.61. The molecule has 0 spiro atoms. The quantitative estimate of drug-likeness (QED) is 0.162. The summed E-state index contributed by atoms with van der Waals surface area (Å²) < 4.78 is 15.7. The van der Waals surface area contributed by atoms with Crippen LogP contribution >= 0.6 is 0 Å². The second-order valence-electron chi connectivity index (χ2n) is 9.53. The number of imidazole rings is 1. The number of nitrogens with zero attached hydrogens (tertiary/aromatic N) is 4. The van der Waals surface area contributed by atoms with Crippen LogP contribution in [0.1, 0.15) is 12.8 Å². The highest BCUT2D eigenvalue weighted by atomic mass is 19.1. The highest BCUT2D eigenvalue weighted by Gasteiger charge is 2.22. The fourth-order valence-electron chi connectivity index (χ4n) is 4.46. The topological polar surface area (TPSA) is 133 Å². The van der Waals surface area contributed by atoms with Gasteiger partial charge in [-0.15, -0.1) is 0 Å². The summed E-state index contributed by atoms with van der Waals surface area (Å²) >= 11 is 0. The Morgan fingerprint density at radius 3 is 2.29 bits per heavy atom. The first kappa shape index (κ1) is 28.3. The Labute approximate surface area is 241 Å². The molecule has 2 aromatic heterocycles. The molecule has 2 heterocycles. The number of aliphatic hydroxyl groups is 2. The molecule has 212 valence electrons. The zero-order valence-corrected chi connectivity index (χ0v) is 22.4. The molecule has 0 aliphatic rings. The van der Waals surface area contributed by atoms with Crippen molar-refractivity contribution in [2.24, 2.45) is 0 Å². The number of nitrogens with one attached hydrogen (secondary N) is 1. The van der Waals surface area contributed by atoms with Gasteiger partial charge in [-0.25, -0.2) is 19.3 Å². The molecule has 5 rings (SSSR count). The molecule has 0 bridgehead atoms. The average Bonchev–Trinajstić information content (AvgIpc) is 3.37. The molecule has 9 nitrogen and oxygen atoms in total. The molecule has 0 aliphatic carbocycles. The first-order chi connectivity index (χ1) is 20.4. The minimum absolute atomic E-state index is 0.169. The number of aromatic nitrogens is 4. The van der Waals surface area contributed by atoms with Crippen LogP contribution in [0.25, 0.3) is 40.2 Å². The molecular formula is C32H28FN5O4. The number of halogens is 1. The Kier molecular flexibility index (Phi) is 8.76. The van der Waals surface area contributed by atoms with Crippen LogP contribution in [0.3, 0.4) is 0 Å². The summed E-state index contributed by atoms with van der Waals surface area (Å²) in [7, 11) is 0. The molecule has 0 fully saturated rings. The van der Waals surface area contributed by atoms with E-state index in [4.69, 9.17) is 15.1 Å². The fourth-order valence-corrected chi connectivity index (χ4v) is 4.46. The van der Waals surface area contributed by atoms with Crippen molar-refractivity contribution in [2.45, 2.75) is 25.0 Å². The highest BCUT2D eigenvalue weighted by Crippen LogP contribution is 2.36. The lowest BCUT2D eigenvalue weighted by atomic mass is 10.1. The molecule has 5 aromatic rings. The standard InChI is InChI=1S/C32H28FN5O4/c33-23-13-11-21(12-14-23)30-29(27-15-17-34-32(36-27)35-24-9-5-2-6-10-24)37-31(22-7-3-1-4-8-22)38(30)18-16-25(39)19-26(40)20-28(41)42/h1-18,25-26,39-40H,19-20H2,(H,41,42)(H,34,35,36)/b18-16+/t25-,26-/m1/s1. The summed E-state index contributed by atoms with van der Waals surface area (Å²) in [6.07, 6.45) is 1.67. The van der Waals surface area contributed by atoms with Gasteiger partial charge in [-0.1, -0.05) is 48.5 Å². The summed E-state index contributed by atoms with van der Waals surface area (Å²) in [5, 5.41) is 32.8. The normalized spacial score (nSPS) is 12.7. The minimum atomic E-state index is -1.22. The molecule has 10 heteroatoms. The number of hydrogen-bond donors (Lipinski definition) is 4. The summed E-state index contributed by atoms with van der Waals surface area (Å²) in [5.41, 5.74) is 3.79. The number of rotatable bonds is 11. The van der Waals surface area contributed by atoms with Crippen LogP contribution in [0.5, 0.6) is 0 Å². The van der Waals surface area contributed by atoms with Crippen LogP contribution < -0.4 is 5.32 Å². The Hall–Kier alpha value is -5.19. The van der Waals surface area contributed by atoms with Crippen molar-refractivity contribution in [1.82, 2.24) is 19.5 Å². The van der Waals surface area contributed by atoms with Crippen LogP contribution in [0.2, 0.25) is 0 Å². The Morgan fingerprint density at radius 2 is 1.60 bits per heavy atom. The Bertz CT molecular complexity index is 1670. The van der Waals surface area contributed by atoms with E-state index in [1.54, 1.807) is 35.2 Å². The van der Waals surface area contributed by atoms with Gasteiger partial charge in [-0.3, -0.25) is 9.36 Å². The SMILES string of the molecule is O=C(O)C[C@H](O)C[C@H](O)/C=C/n1c(-c2ccccc2)nc(-c2ccnc(Nc3ccccc3)n2)c1-c1ccc(F)cc1. The zero-order valence-electron chi connectivity index (χ0n) is 22.4. The highest BCUT2D eigenvalue weighted by molar-refractivity contribution is 5.83. The maximum atomic E-state index is 14.0. The van der Waals surface area contributed by atoms with E-state index in [0.29, 0.717) is 34.4 Å². The molecule has 2 atom stereocenters. The monoisotopic (exact) mass is 565 g/mol. The van der Waals surface area contributed by atoms with Crippen LogP contribution in [-0.2, 0) is 4.79 Å². The van der Waals surface area contributed by atoms with E-state index >= 15 is 0 Å². The summed E-state index contributed by atoms with van der Waals surface area (Å²) in [6, 6.07) is 26.6. The van der Waals surface area contributed by atoms with Gasteiger partial charge in [0.2, 0.25) is 5.95 Å². The molecule has 42 heavy (non-hydrogen) atoms. The molecule has 0 radical (unpaired) electrons. The van der Waals surface area contributed by atoms with Crippen LogP contribution in [0.15, 0.2) is 103 Å². The summed E-state index contributed by atoms with van der Waals surface area (Å²) in [5.74, 6) is -0.674. The van der Waals surface area contributed by atoms with Crippen molar-refractivity contribution in [2.75, 3.05) is 5.32 Å². The molecule has 0 amide bonds.